The van der Waals surface area contributed by atoms with Crippen molar-refractivity contribution in [2.45, 2.75) is 0 Å². The normalized spacial score (nSPS) is 8.17. The monoisotopic (exact) mass is 220 g/mol. The molecular weight excluding hydrogens is 220 g/mol. The molecule has 0 saturated heterocycles. The summed E-state index contributed by atoms with van der Waals surface area (Å²) in [5, 5.41) is 9.31. The van der Waals surface area contributed by atoms with E-state index in [1.807, 2.05) is 0 Å². The van der Waals surface area contributed by atoms with Crippen LogP contribution >= 0.6 is 7.60 Å². The Balaban J connectivity index is -0.000000107. The molecule has 12 heavy (non-hydrogen) atoms. The first-order valence-corrected chi connectivity index (χ1v) is 3.18. The first-order valence-electron chi connectivity index (χ1n) is 1.63. The standard InChI is InChI=1S/C2H3O6P.3Na/c3-1(4)2(5)9(6,7)8;;;/h(H,3,4)(H2,6,7,8);;;/q;3*+1/p-3. The minimum atomic E-state index is -5.61. The quantitative estimate of drug-likeness (QED) is 0.259. The van der Waals surface area contributed by atoms with Crippen LogP contribution < -0.4 is 104 Å². The number of carbonyl (C=O) groups is 2. The summed E-state index contributed by atoms with van der Waals surface area (Å²) in [5.74, 6) is -2.50. The second kappa shape index (κ2) is 9.83. The van der Waals surface area contributed by atoms with Crippen LogP contribution in [0.15, 0.2) is 0 Å². The third kappa shape index (κ3) is 10.4. The van der Waals surface area contributed by atoms with Crippen LogP contribution in [0, 0.1) is 0 Å². The van der Waals surface area contributed by atoms with Crippen molar-refractivity contribution in [3.63, 3.8) is 0 Å². The molecule has 10 heteroatoms. The molecule has 0 bridgehead atoms. The molecule has 52 valence electrons. The van der Waals surface area contributed by atoms with Crippen LogP contribution in [0.2, 0.25) is 0 Å². The largest absolute Gasteiger partial charge is 1.00 e. The van der Waals surface area contributed by atoms with Crippen LogP contribution in [0.25, 0.3) is 0 Å². The van der Waals surface area contributed by atoms with Crippen molar-refractivity contribution in [1.29, 1.82) is 0 Å². The molecule has 0 aromatic carbocycles. The van der Waals surface area contributed by atoms with Gasteiger partial charge in [-0.25, -0.2) is 0 Å². The number of carboxylic acid groups (broad SMARTS) is 1. The van der Waals surface area contributed by atoms with Crippen LogP contribution in [-0.4, -0.2) is 11.5 Å². The Bertz CT molecular complexity index is 197. The molecule has 6 nitrogen and oxygen atoms in total. The minimum absolute atomic E-state index is 0. The van der Waals surface area contributed by atoms with Gasteiger partial charge in [-0.05, 0) is 0 Å². The molecule has 0 N–H and O–H groups in total. The molecule has 0 heterocycles. The predicted octanol–water partition coefficient (Wildman–Crippen LogP) is -12.8. The Hall–Kier alpha value is 2.29. The van der Waals surface area contributed by atoms with Gasteiger partial charge in [0.05, 0.1) is 0 Å². The van der Waals surface area contributed by atoms with Crippen molar-refractivity contribution >= 4 is 19.1 Å². The summed E-state index contributed by atoms with van der Waals surface area (Å²) in [6, 6.07) is 0. The van der Waals surface area contributed by atoms with Crippen molar-refractivity contribution in [3.05, 3.63) is 0 Å². The fourth-order valence-corrected chi connectivity index (χ4v) is 0.335. The summed E-state index contributed by atoms with van der Waals surface area (Å²) in [5.41, 5.74) is -2.41. The van der Waals surface area contributed by atoms with Crippen LogP contribution in [-0.2, 0) is 14.2 Å². The van der Waals surface area contributed by atoms with Crippen LogP contribution in [0.5, 0.6) is 0 Å². The number of carbonyl (C=O) groups excluding carboxylic acids is 2. The van der Waals surface area contributed by atoms with Crippen LogP contribution in [0.3, 0.4) is 0 Å². The Morgan fingerprint density at radius 3 is 1.25 bits per heavy atom. The maximum Gasteiger partial charge on any atom is 1.00 e. The number of hydrogen-bond donors (Lipinski definition) is 0. The molecule has 0 spiro atoms. The molecule has 0 aromatic heterocycles. The molecule has 0 radical (unpaired) electrons. The molecule has 0 aliphatic heterocycles. The summed E-state index contributed by atoms with van der Waals surface area (Å²) < 4.78 is 9.47. The van der Waals surface area contributed by atoms with Gasteiger partial charge in [0.1, 0.15) is 5.97 Å². The van der Waals surface area contributed by atoms with Gasteiger partial charge in [-0.3, -0.25) is 4.79 Å². The predicted molar refractivity (Wildman–Crippen MR) is 17.6 cm³/mol. The molecule has 0 unspecified atom stereocenters. The fraction of sp³-hybridized carbons (Fsp3) is 0. The van der Waals surface area contributed by atoms with Gasteiger partial charge in [-0.2, -0.15) is 0 Å². The van der Waals surface area contributed by atoms with E-state index in [-0.39, 0.29) is 88.7 Å². The SMILES string of the molecule is O=C([O-])C(=O)P(=O)([O-])[O-].[Na+].[Na+].[Na+]. The third-order valence-electron chi connectivity index (χ3n) is 0.423. The summed E-state index contributed by atoms with van der Waals surface area (Å²) in [7, 11) is -5.61. The van der Waals surface area contributed by atoms with E-state index in [1.54, 1.807) is 0 Å². The first kappa shape index (κ1) is 23.8. The van der Waals surface area contributed by atoms with Gasteiger partial charge in [0, 0.05) is 7.60 Å². The second-order valence-corrected chi connectivity index (χ2v) is 2.49. The Kier molecular flexibility index (Phi) is 19.5. The Labute approximate surface area is 135 Å². The van der Waals surface area contributed by atoms with Gasteiger partial charge in [0.25, 0.3) is 0 Å². The Morgan fingerprint density at radius 2 is 1.25 bits per heavy atom. The van der Waals surface area contributed by atoms with Gasteiger partial charge in [0.2, 0.25) is 5.52 Å². The van der Waals surface area contributed by atoms with E-state index in [1.165, 1.54) is 0 Å². The molecule has 0 aliphatic rings. The zero-order chi connectivity index (χ0) is 7.65. The van der Waals surface area contributed by atoms with Crippen molar-refractivity contribution < 1.29 is 118 Å². The van der Waals surface area contributed by atoms with Crippen molar-refractivity contribution in [2.75, 3.05) is 0 Å². The van der Waals surface area contributed by atoms with Crippen LogP contribution in [0.4, 0.5) is 0 Å². The van der Waals surface area contributed by atoms with Gasteiger partial charge in [-0.15, -0.1) is 0 Å². The molecule has 0 fully saturated rings. The molecular formula is C2Na3O6P. The van der Waals surface area contributed by atoms with E-state index in [2.05, 4.69) is 0 Å². The van der Waals surface area contributed by atoms with Gasteiger partial charge in [0.15, 0.2) is 0 Å². The summed E-state index contributed by atoms with van der Waals surface area (Å²) in [6.45, 7) is 0. The van der Waals surface area contributed by atoms with E-state index in [4.69, 9.17) is 0 Å². The average molecular weight is 220 g/mol. The van der Waals surface area contributed by atoms with E-state index < -0.39 is 19.1 Å². The Morgan fingerprint density at radius 1 is 1.00 bits per heavy atom. The fourth-order valence-electron chi connectivity index (χ4n) is 0.112. The maximum absolute atomic E-state index is 9.61. The van der Waals surface area contributed by atoms with Crippen molar-refractivity contribution in [2.24, 2.45) is 0 Å². The summed E-state index contributed by atoms with van der Waals surface area (Å²) in [4.78, 5) is 37.9. The van der Waals surface area contributed by atoms with Gasteiger partial charge < -0.3 is 24.3 Å². The average Bonchev–Trinajstić information content (AvgIpc) is 1.62. The van der Waals surface area contributed by atoms with Crippen molar-refractivity contribution in [1.82, 2.24) is 0 Å². The molecule has 0 atom stereocenters. The molecule has 0 rings (SSSR count). The van der Waals surface area contributed by atoms with E-state index >= 15 is 0 Å². The maximum atomic E-state index is 9.61. The van der Waals surface area contributed by atoms with Gasteiger partial charge in [-0.1, -0.05) is 0 Å². The number of rotatable bonds is 2. The topological polar surface area (TPSA) is 120 Å². The second-order valence-electron chi connectivity index (χ2n) is 1.09. The zero-order valence-electron chi connectivity index (χ0n) is 6.90. The van der Waals surface area contributed by atoms with Crippen molar-refractivity contribution in [3.8, 4) is 0 Å². The molecule has 0 saturated carbocycles. The van der Waals surface area contributed by atoms with E-state index in [9.17, 15) is 29.0 Å². The van der Waals surface area contributed by atoms with Crippen LogP contribution in [0.1, 0.15) is 0 Å². The molecule has 0 amide bonds. The smallest absolute Gasteiger partial charge is 0.805 e. The number of carboxylic acids is 1. The molecule has 0 aromatic rings. The zero-order valence-corrected chi connectivity index (χ0v) is 13.8. The summed E-state index contributed by atoms with van der Waals surface area (Å²) >= 11 is 0. The van der Waals surface area contributed by atoms with E-state index in [0.29, 0.717) is 0 Å². The summed E-state index contributed by atoms with van der Waals surface area (Å²) in [6.07, 6.45) is 0. The third-order valence-corrected chi connectivity index (χ3v) is 1.10. The number of hydrogen-bond acceptors (Lipinski definition) is 6. The minimum Gasteiger partial charge on any atom is -0.805 e. The van der Waals surface area contributed by atoms with Gasteiger partial charge >= 0.3 is 88.7 Å². The van der Waals surface area contributed by atoms with E-state index in [0.717, 1.165) is 0 Å². The first-order chi connectivity index (χ1) is 3.85. The molecule has 0 aliphatic carbocycles. The number of aliphatic carboxylic acids is 1.